The van der Waals surface area contributed by atoms with E-state index in [1.807, 2.05) is 13.8 Å². The summed E-state index contributed by atoms with van der Waals surface area (Å²) < 4.78 is 4.83. The third-order valence-corrected chi connectivity index (χ3v) is 1.63. The molecule has 0 saturated heterocycles. The van der Waals surface area contributed by atoms with Crippen LogP contribution < -0.4 is 5.63 Å². The smallest absolute Gasteiger partial charge is 1.00 e. The minimum absolute atomic E-state index is 0. The van der Waals surface area contributed by atoms with E-state index in [9.17, 15) is 9.90 Å². The van der Waals surface area contributed by atoms with E-state index < -0.39 is 5.63 Å². The van der Waals surface area contributed by atoms with Crippen molar-refractivity contribution in [1.29, 1.82) is 0 Å². The van der Waals surface area contributed by atoms with Gasteiger partial charge in [0.2, 0.25) is 0 Å². The van der Waals surface area contributed by atoms with Crippen molar-refractivity contribution in [2.45, 2.75) is 13.8 Å². The molecule has 2 aromatic rings. The summed E-state index contributed by atoms with van der Waals surface area (Å²) in [5.41, 5.74) is -0.131. The molecule has 1 aromatic heterocycles. The van der Waals surface area contributed by atoms with Gasteiger partial charge in [0.1, 0.15) is 11.3 Å². The molecule has 0 spiro atoms. The van der Waals surface area contributed by atoms with Crippen molar-refractivity contribution in [2.75, 3.05) is 0 Å². The van der Waals surface area contributed by atoms with Gasteiger partial charge < -0.3 is 12.4 Å². The van der Waals surface area contributed by atoms with Crippen LogP contribution in [0.4, 0.5) is 0 Å². The molecule has 0 aliphatic rings. The monoisotopic (exact) mass is 332 g/mol. The van der Waals surface area contributed by atoms with Gasteiger partial charge >= 0.3 is 54.5 Å². The molecular weight excluding hydrogens is 317 g/mol. The van der Waals surface area contributed by atoms with Crippen LogP contribution in [-0.2, 0) is 0 Å². The third-order valence-electron chi connectivity index (χ3n) is 1.63. The number of fused-ring (bicyclic) bond motifs is 1. The van der Waals surface area contributed by atoms with Crippen LogP contribution >= 0.6 is 0 Å². The van der Waals surface area contributed by atoms with Crippen molar-refractivity contribution in [3.8, 4) is 5.75 Å². The molecule has 15 heavy (non-hydrogen) atoms. The van der Waals surface area contributed by atoms with E-state index in [0.29, 0.717) is 11.0 Å². The minimum atomic E-state index is -0.536. The van der Waals surface area contributed by atoms with Crippen LogP contribution in [0.5, 0.6) is 5.75 Å². The van der Waals surface area contributed by atoms with Gasteiger partial charge in [0.05, 0.1) is 11.5 Å². The van der Waals surface area contributed by atoms with E-state index >= 15 is 0 Å². The average molecular weight is 332 g/mol. The maximum atomic E-state index is 10.8. The van der Waals surface area contributed by atoms with Gasteiger partial charge in [-0.05, 0) is 12.1 Å². The Morgan fingerprint density at radius 1 is 1.27 bits per heavy atom. The van der Waals surface area contributed by atoms with E-state index in [2.05, 4.69) is 0 Å². The molecular formula is C11H14BaO3. The molecule has 2 rings (SSSR count). The SMILES string of the molecule is CC.O=c1cc(O)c2ccccc2o1.[Ba+2].[H-].[H-]. The summed E-state index contributed by atoms with van der Waals surface area (Å²) in [7, 11) is 0. The number of hydrogen-bond donors (Lipinski definition) is 1. The number of aromatic hydroxyl groups is 1. The molecule has 0 aliphatic carbocycles. The number of benzene rings is 1. The van der Waals surface area contributed by atoms with E-state index in [1.54, 1.807) is 24.3 Å². The summed E-state index contributed by atoms with van der Waals surface area (Å²) >= 11 is 0. The fraction of sp³-hybridized carbons (Fsp3) is 0.182. The normalized spacial score (nSPS) is 8.67. The molecule has 0 fully saturated rings. The molecule has 0 atom stereocenters. The fourth-order valence-corrected chi connectivity index (χ4v) is 1.09. The van der Waals surface area contributed by atoms with Crippen LogP contribution in [0.1, 0.15) is 16.7 Å². The average Bonchev–Trinajstić information content (AvgIpc) is 2.20. The first kappa shape index (κ1) is 14.8. The van der Waals surface area contributed by atoms with Crippen LogP contribution in [0.2, 0.25) is 0 Å². The van der Waals surface area contributed by atoms with E-state index in [0.717, 1.165) is 6.07 Å². The van der Waals surface area contributed by atoms with Gasteiger partial charge in [0.25, 0.3) is 0 Å². The van der Waals surface area contributed by atoms with Crippen LogP contribution in [-0.4, -0.2) is 54.0 Å². The van der Waals surface area contributed by atoms with E-state index in [-0.39, 0.29) is 57.5 Å². The second-order valence-electron chi connectivity index (χ2n) is 2.45. The number of hydrogen-bond acceptors (Lipinski definition) is 3. The summed E-state index contributed by atoms with van der Waals surface area (Å²) in [6.07, 6.45) is 0. The quantitative estimate of drug-likeness (QED) is 0.595. The standard InChI is InChI=1S/C9H6O3.C2H6.Ba.2H/c10-7-5-9(11)12-8-4-2-1-3-6(7)8;1-2;;;/h1-5,10H;1-2H3;;;/q;;+2;2*-1. The van der Waals surface area contributed by atoms with Gasteiger partial charge in [0.15, 0.2) is 0 Å². The van der Waals surface area contributed by atoms with E-state index in [4.69, 9.17) is 4.42 Å². The van der Waals surface area contributed by atoms with Crippen LogP contribution in [0.25, 0.3) is 11.0 Å². The Morgan fingerprint density at radius 3 is 2.53 bits per heavy atom. The first-order valence-corrected chi connectivity index (χ1v) is 4.49. The molecule has 0 unspecified atom stereocenters. The molecule has 0 amide bonds. The molecule has 1 N–H and O–H groups in total. The Hall–Kier alpha value is -0.199. The maximum Gasteiger partial charge on any atom is 2.00 e. The summed E-state index contributed by atoms with van der Waals surface area (Å²) in [6, 6.07) is 7.89. The zero-order valence-corrected chi connectivity index (χ0v) is 13.3. The Morgan fingerprint density at radius 2 is 1.87 bits per heavy atom. The van der Waals surface area contributed by atoms with Gasteiger partial charge in [-0.25, -0.2) is 4.79 Å². The van der Waals surface area contributed by atoms with Crippen molar-refractivity contribution >= 4 is 59.9 Å². The third kappa shape index (κ3) is 3.70. The van der Waals surface area contributed by atoms with Crippen molar-refractivity contribution in [3.63, 3.8) is 0 Å². The Kier molecular flexibility index (Phi) is 7.04. The predicted octanol–water partition coefficient (Wildman–Crippen LogP) is 2.37. The fourth-order valence-electron chi connectivity index (χ4n) is 1.09. The van der Waals surface area contributed by atoms with Crippen LogP contribution in [0.15, 0.2) is 39.5 Å². The summed E-state index contributed by atoms with van der Waals surface area (Å²) in [5, 5.41) is 9.84. The minimum Gasteiger partial charge on any atom is -1.00 e. The van der Waals surface area contributed by atoms with Gasteiger partial charge in [-0.15, -0.1) is 0 Å². The molecule has 0 saturated carbocycles. The molecule has 1 aromatic carbocycles. The van der Waals surface area contributed by atoms with Crippen LogP contribution in [0, 0.1) is 0 Å². The summed E-state index contributed by atoms with van der Waals surface area (Å²) in [5.74, 6) is -0.0400. The van der Waals surface area contributed by atoms with Gasteiger partial charge in [-0.3, -0.25) is 0 Å². The second-order valence-corrected chi connectivity index (χ2v) is 2.45. The van der Waals surface area contributed by atoms with Crippen molar-refractivity contribution in [3.05, 3.63) is 40.8 Å². The molecule has 78 valence electrons. The first-order valence-electron chi connectivity index (χ1n) is 4.49. The zero-order valence-electron chi connectivity index (χ0n) is 10.9. The molecule has 0 bridgehead atoms. The number of para-hydroxylation sites is 1. The Balaban J connectivity index is -0.000000373. The first-order chi connectivity index (χ1) is 6.77. The molecule has 1 heterocycles. The summed E-state index contributed by atoms with van der Waals surface area (Å²) in [6.45, 7) is 4.00. The predicted molar refractivity (Wildman–Crippen MR) is 63.5 cm³/mol. The van der Waals surface area contributed by atoms with Gasteiger partial charge in [-0.1, -0.05) is 26.0 Å². The van der Waals surface area contributed by atoms with Gasteiger partial charge in [-0.2, -0.15) is 0 Å². The molecule has 4 heteroatoms. The van der Waals surface area contributed by atoms with Crippen molar-refractivity contribution in [2.24, 2.45) is 0 Å². The topological polar surface area (TPSA) is 50.4 Å². The number of rotatable bonds is 0. The summed E-state index contributed by atoms with van der Waals surface area (Å²) in [4.78, 5) is 10.8. The molecule has 0 radical (unpaired) electrons. The largest absolute Gasteiger partial charge is 2.00 e. The zero-order chi connectivity index (χ0) is 10.6. The molecule has 0 aliphatic heterocycles. The maximum absolute atomic E-state index is 10.8. The molecule has 3 nitrogen and oxygen atoms in total. The Bertz CT molecular complexity index is 485. The Labute approximate surface area is 131 Å². The second kappa shape index (κ2) is 7.14. The van der Waals surface area contributed by atoms with Crippen molar-refractivity contribution in [1.82, 2.24) is 0 Å². The van der Waals surface area contributed by atoms with Crippen LogP contribution in [0.3, 0.4) is 0 Å². The van der Waals surface area contributed by atoms with Gasteiger partial charge in [0, 0.05) is 0 Å². The van der Waals surface area contributed by atoms with Crippen molar-refractivity contribution < 1.29 is 12.4 Å². The van der Waals surface area contributed by atoms with E-state index in [1.165, 1.54) is 0 Å².